The topological polar surface area (TPSA) is 64.6 Å². The number of alkyl carbamates (subject to hydrolysis) is 1. The molecule has 0 atom stereocenters. The van der Waals surface area contributed by atoms with Gasteiger partial charge < -0.3 is 14.8 Å². The zero-order chi connectivity index (χ0) is 22.3. The lowest BCUT2D eigenvalue weighted by Gasteiger charge is -2.14. The Morgan fingerprint density at radius 3 is 2.22 bits per heavy atom. The molecule has 0 bridgehead atoms. The maximum absolute atomic E-state index is 12.3. The van der Waals surface area contributed by atoms with Crippen molar-refractivity contribution in [1.29, 1.82) is 0 Å². The van der Waals surface area contributed by atoms with E-state index in [4.69, 9.17) is 9.47 Å². The Labute approximate surface area is 187 Å². The van der Waals surface area contributed by atoms with Gasteiger partial charge in [-0.2, -0.15) is 0 Å². The lowest BCUT2D eigenvalue weighted by Crippen LogP contribution is -2.26. The second-order valence-electron chi connectivity index (χ2n) is 7.56. The molecule has 1 aliphatic rings. The van der Waals surface area contributed by atoms with Crippen LogP contribution >= 0.6 is 0 Å². The van der Waals surface area contributed by atoms with Gasteiger partial charge in [0.05, 0.1) is 13.5 Å². The number of methoxy groups -OCH3 is 1. The van der Waals surface area contributed by atoms with Crippen LogP contribution in [-0.4, -0.2) is 32.3 Å². The van der Waals surface area contributed by atoms with Crippen LogP contribution in [0.4, 0.5) is 4.79 Å². The summed E-state index contributed by atoms with van der Waals surface area (Å²) < 4.78 is 10.3. The van der Waals surface area contributed by atoms with Crippen LogP contribution in [0, 0.1) is 0 Å². The van der Waals surface area contributed by atoms with Gasteiger partial charge >= 0.3 is 12.1 Å². The highest BCUT2D eigenvalue weighted by molar-refractivity contribution is 5.79. The van der Waals surface area contributed by atoms with E-state index in [9.17, 15) is 9.59 Å². The molecule has 1 aliphatic carbocycles. The number of hydrogen-bond acceptors (Lipinski definition) is 4. The van der Waals surface area contributed by atoms with Crippen LogP contribution in [0.1, 0.15) is 28.2 Å². The van der Waals surface area contributed by atoms with Crippen molar-refractivity contribution in [2.75, 3.05) is 20.3 Å². The van der Waals surface area contributed by atoms with Gasteiger partial charge in [-0.25, -0.2) is 4.79 Å². The number of benzene rings is 3. The molecule has 3 aromatic rings. The molecular weight excluding hydrogens is 402 g/mol. The molecule has 0 spiro atoms. The van der Waals surface area contributed by atoms with Gasteiger partial charge in [-0.15, -0.1) is 0 Å². The van der Waals surface area contributed by atoms with Crippen molar-refractivity contribution in [1.82, 2.24) is 5.32 Å². The van der Waals surface area contributed by atoms with Gasteiger partial charge in [0.25, 0.3) is 0 Å². The second kappa shape index (κ2) is 9.96. The first-order valence-corrected chi connectivity index (χ1v) is 10.6. The van der Waals surface area contributed by atoms with Gasteiger partial charge in [-0.1, -0.05) is 84.9 Å². The van der Waals surface area contributed by atoms with E-state index in [0.29, 0.717) is 6.54 Å². The highest BCUT2D eigenvalue weighted by Gasteiger charge is 2.28. The quantitative estimate of drug-likeness (QED) is 0.542. The van der Waals surface area contributed by atoms with Gasteiger partial charge in [-0.3, -0.25) is 4.79 Å². The lowest BCUT2D eigenvalue weighted by atomic mass is 9.98. The number of amides is 1. The van der Waals surface area contributed by atoms with Crippen LogP contribution in [0.5, 0.6) is 0 Å². The Morgan fingerprint density at radius 1 is 0.906 bits per heavy atom. The molecule has 0 aromatic heterocycles. The third-order valence-electron chi connectivity index (χ3n) is 5.62. The summed E-state index contributed by atoms with van der Waals surface area (Å²) in [6, 6.07) is 24.1. The van der Waals surface area contributed by atoms with Crippen LogP contribution < -0.4 is 5.32 Å². The summed E-state index contributed by atoms with van der Waals surface area (Å²) in [7, 11) is 1.37. The number of hydrogen-bond donors (Lipinski definition) is 1. The van der Waals surface area contributed by atoms with E-state index in [1.807, 2.05) is 60.7 Å². The summed E-state index contributed by atoms with van der Waals surface area (Å²) in [4.78, 5) is 23.8. The molecule has 0 aliphatic heterocycles. The van der Waals surface area contributed by atoms with E-state index in [0.717, 1.165) is 11.1 Å². The summed E-state index contributed by atoms with van der Waals surface area (Å²) in [5.74, 6) is -0.253. The molecule has 5 heteroatoms. The van der Waals surface area contributed by atoms with Crippen LogP contribution in [0.2, 0.25) is 0 Å². The number of carbonyl (C=O) groups is 2. The van der Waals surface area contributed by atoms with E-state index in [-0.39, 0.29) is 24.9 Å². The molecule has 0 radical (unpaired) electrons. The second-order valence-corrected chi connectivity index (χ2v) is 7.56. The molecule has 32 heavy (non-hydrogen) atoms. The van der Waals surface area contributed by atoms with E-state index < -0.39 is 6.09 Å². The van der Waals surface area contributed by atoms with E-state index in [2.05, 4.69) is 29.6 Å². The first-order chi connectivity index (χ1) is 15.7. The monoisotopic (exact) mass is 427 g/mol. The molecule has 1 amide bonds. The van der Waals surface area contributed by atoms with Gasteiger partial charge in [0, 0.05) is 12.5 Å². The number of esters is 1. The number of fused-ring (bicyclic) bond motifs is 3. The first-order valence-electron chi connectivity index (χ1n) is 10.6. The molecule has 1 N–H and O–H groups in total. The summed E-state index contributed by atoms with van der Waals surface area (Å²) in [6.45, 7) is 0.606. The molecule has 162 valence electrons. The van der Waals surface area contributed by atoms with Crippen molar-refractivity contribution < 1.29 is 19.1 Å². The van der Waals surface area contributed by atoms with Crippen LogP contribution in [0.25, 0.3) is 17.2 Å². The normalized spacial score (nSPS) is 12.3. The number of rotatable bonds is 7. The SMILES string of the molecule is COC(=O)Cc1ccccc1C=CCNC(=O)OCC1c2ccccc2-c2ccccc21. The number of nitrogens with one attached hydrogen (secondary N) is 1. The van der Waals surface area contributed by atoms with Crippen LogP contribution in [0.3, 0.4) is 0 Å². The molecule has 0 saturated heterocycles. The molecule has 5 nitrogen and oxygen atoms in total. The maximum atomic E-state index is 12.3. The smallest absolute Gasteiger partial charge is 0.407 e. The van der Waals surface area contributed by atoms with Crippen molar-refractivity contribution in [2.24, 2.45) is 0 Å². The largest absolute Gasteiger partial charge is 0.469 e. The highest BCUT2D eigenvalue weighted by Crippen LogP contribution is 2.44. The fourth-order valence-corrected chi connectivity index (χ4v) is 4.06. The minimum Gasteiger partial charge on any atom is -0.469 e. The molecule has 4 rings (SSSR count). The average Bonchev–Trinajstić information content (AvgIpc) is 3.15. The number of ether oxygens (including phenoxy) is 2. The first kappa shape index (κ1) is 21.4. The summed E-state index contributed by atoms with van der Waals surface area (Å²) in [5.41, 5.74) is 6.55. The molecular formula is C27H25NO4. The zero-order valence-electron chi connectivity index (χ0n) is 17.9. The molecule has 0 unspecified atom stereocenters. The average molecular weight is 428 g/mol. The predicted octanol–water partition coefficient (Wildman–Crippen LogP) is 4.95. The maximum Gasteiger partial charge on any atom is 0.407 e. The van der Waals surface area contributed by atoms with E-state index >= 15 is 0 Å². The van der Waals surface area contributed by atoms with Crippen molar-refractivity contribution in [3.05, 3.63) is 101 Å². The summed E-state index contributed by atoms with van der Waals surface area (Å²) >= 11 is 0. The van der Waals surface area contributed by atoms with Crippen molar-refractivity contribution >= 4 is 18.1 Å². The van der Waals surface area contributed by atoms with Gasteiger partial charge in [0.2, 0.25) is 0 Å². The minimum atomic E-state index is -0.459. The Bertz CT molecular complexity index is 1110. The molecule has 0 fully saturated rings. The third-order valence-corrected chi connectivity index (χ3v) is 5.62. The number of carbonyl (C=O) groups excluding carboxylic acids is 2. The Kier molecular flexibility index (Phi) is 6.66. The standard InChI is InChI=1S/C27H25NO4/c1-31-26(29)17-20-10-3-2-9-19(20)11-8-16-28-27(30)32-18-25-23-14-6-4-12-21(23)22-13-5-7-15-24(22)25/h2-15,25H,16-18H2,1H3,(H,28,30). The fraction of sp³-hybridized carbons (Fsp3) is 0.185. The van der Waals surface area contributed by atoms with E-state index in [1.165, 1.54) is 29.4 Å². The van der Waals surface area contributed by atoms with Crippen molar-refractivity contribution in [3.8, 4) is 11.1 Å². The van der Waals surface area contributed by atoms with Crippen LogP contribution in [0.15, 0.2) is 78.9 Å². The molecule has 0 saturated carbocycles. The van der Waals surface area contributed by atoms with Crippen molar-refractivity contribution in [3.63, 3.8) is 0 Å². The minimum absolute atomic E-state index is 0.0360. The van der Waals surface area contributed by atoms with Gasteiger partial charge in [-0.05, 0) is 33.4 Å². The Morgan fingerprint density at radius 2 is 1.53 bits per heavy atom. The van der Waals surface area contributed by atoms with E-state index in [1.54, 1.807) is 0 Å². The fourth-order valence-electron chi connectivity index (χ4n) is 4.06. The lowest BCUT2D eigenvalue weighted by molar-refractivity contribution is -0.139. The highest BCUT2D eigenvalue weighted by atomic mass is 16.5. The predicted molar refractivity (Wildman–Crippen MR) is 124 cm³/mol. The van der Waals surface area contributed by atoms with Crippen molar-refractivity contribution in [2.45, 2.75) is 12.3 Å². The van der Waals surface area contributed by atoms with Gasteiger partial charge in [0.15, 0.2) is 0 Å². The zero-order valence-corrected chi connectivity index (χ0v) is 17.9. The van der Waals surface area contributed by atoms with Gasteiger partial charge in [0.1, 0.15) is 6.61 Å². The summed E-state index contributed by atoms with van der Waals surface area (Å²) in [5, 5.41) is 2.76. The Hall–Kier alpha value is -3.86. The molecule has 3 aromatic carbocycles. The summed E-state index contributed by atoms with van der Waals surface area (Å²) in [6.07, 6.45) is 3.45. The third kappa shape index (κ3) is 4.72. The van der Waals surface area contributed by atoms with Crippen LogP contribution in [-0.2, 0) is 20.7 Å². The Balaban J connectivity index is 1.32. The molecule has 0 heterocycles.